The Morgan fingerprint density at radius 1 is 1.17 bits per heavy atom. The van der Waals surface area contributed by atoms with Crippen molar-refractivity contribution in [1.82, 2.24) is 0 Å². The van der Waals surface area contributed by atoms with Crippen molar-refractivity contribution in [3.63, 3.8) is 0 Å². The highest BCUT2D eigenvalue weighted by Crippen LogP contribution is 2.31. The van der Waals surface area contributed by atoms with Crippen molar-refractivity contribution < 1.29 is 14.9 Å². The van der Waals surface area contributed by atoms with Crippen LogP contribution in [0.3, 0.4) is 0 Å². The van der Waals surface area contributed by atoms with Crippen molar-refractivity contribution >= 4 is 6.08 Å². The van der Waals surface area contributed by atoms with Crippen molar-refractivity contribution in [3.05, 3.63) is 35.4 Å². The molecule has 0 bridgehead atoms. The monoisotopic (exact) mass is 333 g/mol. The zero-order valence-corrected chi connectivity index (χ0v) is 14.7. The Morgan fingerprint density at radius 3 is 2.62 bits per heavy atom. The highest BCUT2D eigenvalue weighted by Gasteiger charge is 2.34. The van der Waals surface area contributed by atoms with Crippen LogP contribution in [0.25, 0.3) is 6.08 Å². The van der Waals surface area contributed by atoms with Crippen molar-refractivity contribution in [3.8, 4) is 5.75 Å². The summed E-state index contributed by atoms with van der Waals surface area (Å²) < 4.78 is 5.85. The van der Waals surface area contributed by atoms with Crippen molar-refractivity contribution in [2.45, 2.75) is 51.0 Å². The molecule has 1 aromatic carbocycles. The summed E-state index contributed by atoms with van der Waals surface area (Å²) in [6, 6.07) is 6.12. The first-order valence-electron chi connectivity index (χ1n) is 9.07. The second-order valence-electron chi connectivity index (χ2n) is 6.84. The third-order valence-corrected chi connectivity index (χ3v) is 4.91. The number of unbranched alkanes of at least 4 members (excludes halogenated alkanes) is 4. The van der Waals surface area contributed by atoms with Crippen LogP contribution in [0.5, 0.6) is 5.75 Å². The molecule has 1 aromatic rings. The lowest BCUT2D eigenvalue weighted by atomic mass is 9.77. The van der Waals surface area contributed by atoms with Gasteiger partial charge in [-0.1, -0.05) is 50.8 Å². The fourth-order valence-electron chi connectivity index (χ4n) is 3.10. The average molecular weight is 333 g/mol. The Balaban J connectivity index is 1.90. The number of aliphatic hydroxyl groups is 2. The second kappa shape index (κ2) is 9.21. The zero-order valence-electron chi connectivity index (χ0n) is 14.7. The van der Waals surface area contributed by atoms with E-state index < -0.39 is 5.54 Å². The van der Waals surface area contributed by atoms with E-state index in [1.165, 1.54) is 31.2 Å². The van der Waals surface area contributed by atoms with Crippen LogP contribution in [0.1, 0.15) is 50.2 Å². The third-order valence-electron chi connectivity index (χ3n) is 4.91. The number of nitrogens with two attached hydrogens (primary N) is 1. The van der Waals surface area contributed by atoms with Gasteiger partial charge in [0.1, 0.15) is 5.75 Å². The maximum absolute atomic E-state index is 9.47. The summed E-state index contributed by atoms with van der Waals surface area (Å²) in [5.74, 6) is 0.834. The van der Waals surface area contributed by atoms with Crippen molar-refractivity contribution in [2.24, 2.45) is 11.7 Å². The molecule has 0 unspecified atom stereocenters. The Morgan fingerprint density at radius 2 is 1.92 bits per heavy atom. The summed E-state index contributed by atoms with van der Waals surface area (Å²) in [7, 11) is 0. The third kappa shape index (κ3) is 4.82. The predicted octanol–water partition coefficient (Wildman–Crippen LogP) is 2.90. The topological polar surface area (TPSA) is 75.7 Å². The molecule has 1 aliphatic rings. The van der Waals surface area contributed by atoms with E-state index in [9.17, 15) is 10.2 Å². The highest BCUT2D eigenvalue weighted by molar-refractivity contribution is 5.59. The van der Waals surface area contributed by atoms with Gasteiger partial charge in [0.05, 0.1) is 25.4 Å². The fraction of sp³-hybridized carbons (Fsp3) is 0.600. The molecule has 0 radical (unpaired) electrons. The van der Waals surface area contributed by atoms with E-state index in [2.05, 4.69) is 19.1 Å². The largest absolute Gasteiger partial charge is 0.494 e. The van der Waals surface area contributed by atoms with Gasteiger partial charge in [0, 0.05) is 5.92 Å². The average Bonchev–Trinajstić information content (AvgIpc) is 2.63. The minimum atomic E-state index is -0.970. The van der Waals surface area contributed by atoms with Crippen LogP contribution in [0.15, 0.2) is 24.3 Å². The summed E-state index contributed by atoms with van der Waals surface area (Å²) in [4.78, 5) is 0. The Kier molecular flexibility index (Phi) is 7.28. The molecule has 1 aliphatic carbocycles. The second-order valence-corrected chi connectivity index (χ2v) is 6.84. The number of hydrogen-bond acceptors (Lipinski definition) is 4. The van der Waals surface area contributed by atoms with E-state index in [4.69, 9.17) is 10.5 Å². The first kappa shape index (κ1) is 19.0. The van der Waals surface area contributed by atoms with Gasteiger partial charge in [0.25, 0.3) is 0 Å². The summed E-state index contributed by atoms with van der Waals surface area (Å²) in [5.41, 5.74) is 7.44. The minimum absolute atomic E-state index is 0.0645. The summed E-state index contributed by atoms with van der Waals surface area (Å²) in [6.45, 7) is 2.52. The molecular weight excluding hydrogens is 302 g/mol. The molecule has 0 saturated carbocycles. The number of hydrogen-bond donors (Lipinski definition) is 3. The molecule has 0 spiro atoms. The summed E-state index contributed by atoms with van der Waals surface area (Å²) in [6.07, 6.45) is 10.9. The van der Waals surface area contributed by atoms with E-state index in [1.807, 2.05) is 18.2 Å². The molecule has 0 amide bonds. The molecule has 0 heterocycles. The van der Waals surface area contributed by atoms with Gasteiger partial charge in [-0.25, -0.2) is 0 Å². The maximum atomic E-state index is 9.47. The number of fused-ring (bicyclic) bond motifs is 1. The molecule has 4 heteroatoms. The molecule has 24 heavy (non-hydrogen) atoms. The van der Waals surface area contributed by atoms with Gasteiger partial charge in [0.2, 0.25) is 0 Å². The molecule has 4 nitrogen and oxygen atoms in total. The molecule has 0 aliphatic heterocycles. The lowest BCUT2D eigenvalue weighted by Gasteiger charge is -2.34. The van der Waals surface area contributed by atoms with Gasteiger partial charge >= 0.3 is 0 Å². The van der Waals surface area contributed by atoms with Crippen LogP contribution >= 0.6 is 0 Å². The van der Waals surface area contributed by atoms with Gasteiger partial charge in [-0.3, -0.25) is 0 Å². The standard InChI is InChI=1S/C20H31NO3/c1-2-3-4-5-6-11-24-19-10-8-16-12-18(9-7-17(16)13-19)20(21,14-22)15-23/h7-10,13,18,22-23H,2-6,11-12,14-15,21H2,1H3/t18-/m1/s1. The quantitative estimate of drug-likeness (QED) is 0.576. The number of rotatable bonds is 10. The van der Waals surface area contributed by atoms with E-state index in [0.717, 1.165) is 30.8 Å². The van der Waals surface area contributed by atoms with Crippen LogP contribution < -0.4 is 10.5 Å². The molecule has 1 atom stereocenters. The maximum Gasteiger partial charge on any atom is 0.119 e. The van der Waals surface area contributed by atoms with Crippen molar-refractivity contribution in [2.75, 3.05) is 19.8 Å². The summed E-state index contributed by atoms with van der Waals surface area (Å²) >= 11 is 0. The predicted molar refractivity (Wildman–Crippen MR) is 98.0 cm³/mol. The highest BCUT2D eigenvalue weighted by atomic mass is 16.5. The minimum Gasteiger partial charge on any atom is -0.494 e. The van der Waals surface area contributed by atoms with E-state index in [1.54, 1.807) is 0 Å². The van der Waals surface area contributed by atoms with Crippen LogP contribution in [-0.4, -0.2) is 35.6 Å². The Hall–Kier alpha value is -1.36. The summed E-state index contributed by atoms with van der Waals surface area (Å²) in [5, 5.41) is 18.9. The van der Waals surface area contributed by atoms with E-state index in [-0.39, 0.29) is 19.1 Å². The molecular formula is C20H31NO3. The van der Waals surface area contributed by atoms with Crippen molar-refractivity contribution in [1.29, 1.82) is 0 Å². The van der Waals surface area contributed by atoms with Crippen LogP contribution in [-0.2, 0) is 6.42 Å². The molecule has 4 N–H and O–H groups in total. The van der Waals surface area contributed by atoms with Gasteiger partial charge in [0.15, 0.2) is 0 Å². The van der Waals surface area contributed by atoms with Crippen LogP contribution in [0.2, 0.25) is 0 Å². The molecule has 134 valence electrons. The fourth-order valence-corrected chi connectivity index (χ4v) is 3.10. The molecule has 2 rings (SSSR count). The Labute approximate surface area is 145 Å². The number of benzene rings is 1. The lowest BCUT2D eigenvalue weighted by Crippen LogP contribution is -2.54. The first-order valence-corrected chi connectivity index (χ1v) is 9.07. The normalized spacial score (nSPS) is 16.9. The lowest BCUT2D eigenvalue weighted by molar-refractivity contribution is 0.0904. The van der Waals surface area contributed by atoms with Crippen LogP contribution in [0.4, 0.5) is 0 Å². The van der Waals surface area contributed by atoms with Gasteiger partial charge < -0.3 is 20.7 Å². The van der Waals surface area contributed by atoms with Gasteiger partial charge in [-0.15, -0.1) is 0 Å². The smallest absolute Gasteiger partial charge is 0.119 e. The Bertz CT molecular complexity index is 538. The first-order chi connectivity index (χ1) is 11.6. The van der Waals surface area contributed by atoms with Crippen LogP contribution in [0, 0.1) is 5.92 Å². The number of aliphatic hydroxyl groups excluding tert-OH is 2. The number of ether oxygens (including phenoxy) is 1. The van der Waals surface area contributed by atoms with Gasteiger partial charge in [-0.2, -0.15) is 0 Å². The molecule has 0 saturated heterocycles. The van der Waals surface area contributed by atoms with E-state index >= 15 is 0 Å². The molecule has 0 fully saturated rings. The van der Waals surface area contributed by atoms with Gasteiger partial charge in [-0.05, 0) is 36.1 Å². The SMILES string of the molecule is CCCCCCCOc1ccc2c(c1)C=C[C@@H](C(N)(CO)CO)C2. The van der Waals surface area contributed by atoms with E-state index in [0.29, 0.717) is 0 Å². The molecule has 0 aromatic heterocycles. The zero-order chi connectivity index (χ0) is 17.4.